The molecule has 1 rings (SSSR count). The van der Waals surface area contributed by atoms with Crippen LogP contribution in [0.1, 0.15) is 41.0 Å². The molecule has 0 aromatic heterocycles. The van der Waals surface area contributed by atoms with E-state index in [0.717, 1.165) is 19.5 Å². The summed E-state index contributed by atoms with van der Waals surface area (Å²) in [5.74, 6) is -0.782. The van der Waals surface area contributed by atoms with Crippen LogP contribution in [0.4, 0.5) is 0 Å². The molecule has 6 N–H and O–H groups in total. The Morgan fingerprint density at radius 1 is 1.20 bits per heavy atom. The monoisotopic (exact) mass is 528 g/mol. The molecule has 1 aliphatic rings. The van der Waals surface area contributed by atoms with Crippen LogP contribution in [0.3, 0.4) is 0 Å². The van der Waals surface area contributed by atoms with Crippen LogP contribution in [0, 0.1) is 11.6 Å². The molecule has 0 aliphatic carbocycles. The summed E-state index contributed by atoms with van der Waals surface area (Å²) in [6, 6.07) is -0.679. The number of nitrogens with one attached hydrogen (secondary N) is 1. The number of aliphatic hydroxyl groups excluding tert-OH is 3. The van der Waals surface area contributed by atoms with Gasteiger partial charge in [0.25, 0.3) is 5.50 Å². The average molecular weight is 529 g/mol. The highest BCUT2D eigenvalue weighted by Crippen LogP contribution is 2.28. The maximum Gasteiger partial charge on any atom is 0.299 e. The second kappa shape index (κ2) is 16.7. The highest BCUT2D eigenvalue weighted by Gasteiger charge is 2.50. The van der Waals surface area contributed by atoms with Gasteiger partial charge in [-0.15, -0.1) is 0 Å². The SMILES string of the molecule is CCCNCC[N+](CCN(CCN)C(COCC)C(O)CO)(C(C)[ClH+])C1COC(C)(C)OC[C@H]1O. The van der Waals surface area contributed by atoms with Crippen molar-refractivity contribution >= 4 is 0 Å². The molecule has 0 saturated carbocycles. The van der Waals surface area contributed by atoms with Gasteiger partial charge in [0.05, 0.1) is 45.1 Å². The summed E-state index contributed by atoms with van der Waals surface area (Å²) in [5, 5.41) is 34.9. The van der Waals surface area contributed by atoms with E-state index in [9.17, 15) is 15.3 Å². The van der Waals surface area contributed by atoms with Crippen LogP contribution in [0.15, 0.2) is 0 Å². The maximum atomic E-state index is 11.2. The van der Waals surface area contributed by atoms with Crippen LogP contribution in [-0.4, -0.2) is 139 Å². The molecule has 0 aromatic rings. The lowest BCUT2D eigenvalue weighted by molar-refractivity contribution is -1.03. The first-order valence-electron chi connectivity index (χ1n) is 13.1. The highest BCUT2D eigenvalue weighted by atomic mass is 35.5. The second-order valence-corrected chi connectivity index (χ2v) is 10.5. The average Bonchev–Trinajstić information content (AvgIpc) is 2.96. The minimum Gasteiger partial charge on any atom is -0.394 e. The quantitative estimate of drug-likeness (QED) is 0.0655. The van der Waals surface area contributed by atoms with Crippen molar-refractivity contribution in [1.82, 2.24) is 10.2 Å². The van der Waals surface area contributed by atoms with Crippen LogP contribution >= 0.6 is 0 Å². The maximum absolute atomic E-state index is 11.2. The van der Waals surface area contributed by atoms with Crippen molar-refractivity contribution in [3.8, 4) is 0 Å². The van der Waals surface area contributed by atoms with Gasteiger partial charge in [0.15, 0.2) is 17.4 Å². The number of quaternary nitrogens is 1. The van der Waals surface area contributed by atoms with E-state index in [4.69, 9.17) is 31.5 Å². The van der Waals surface area contributed by atoms with Crippen LogP contribution in [0.25, 0.3) is 0 Å². The minimum absolute atomic E-state index is 0.171. The molecule has 0 bridgehead atoms. The molecule has 10 nitrogen and oxygen atoms in total. The number of hydrogen-bond donors (Lipinski definition) is 5. The van der Waals surface area contributed by atoms with E-state index in [1.165, 1.54) is 0 Å². The standard InChI is InChI=1S/C24H53ClN4O6/c1-6-9-27-10-13-29(19(3)25,21-17-34-24(4,5)35-18-23(21)32)14-12-28(11-8-26)20(16-33-7-2)22(31)15-30/h19-23,25,27,30-32H,6-18,26H2,1-5H3/q+2/t19?,20?,21?,22?,23-,29?/m1/s1. The van der Waals surface area contributed by atoms with Crippen molar-refractivity contribution in [1.29, 1.82) is 0 Å². The zero-order valence-electron chi connectivity index (χ0n) is 22.5. The fourth-order valence-electron chi connectivity index (χ4n) is 4.74. The van der Waals surface area contributed by atoms with Crippen molar-refractivity contribution < 1.29 is 45.6 Å². The summed E-state index contributed by atoms with van der Waals surface area (Å²) in [6.45, 7) is 15.2. The first-order chi connectivity index (χ1) is 16.6. The number of alkyl halides is 1. The molecule has 0 spiro atoms. The Morgan fingerprint density at radius 2 is 1.89 bits per heavy atom. The Kier molecular flexibility index (Phi) is 15.7. The summed E-state index contributed by atoms with van der Waals surface area (Å²) in [7, 11) is 0. The Hall–Kier alpha value is -0.110. The summed E-state index contributed by atoms with van der Waals surface area (Å²) in [5.41, 5.74) is 5.71. The molecule has 1 saturated heterocycles. The molecular weight excluding hydrogens is 476 g/mol. The predicted octanol–water partition coefficient (Wildman–Crippen LogP) is -1.04. The van der Waals surface area contributed by atoms with Crippen LogP contribution in [0.2, 0.25) is 0 Å². The predicted molar refractivity (Wildman–Crippen MR) is 134 cm³/mol. The van der Waals surface area contributed by atoms with Gasteiger partial charge in [-0.25, -0.2) is 0 Å². The first kappa shape index (κ1) is 32.9. The van der Waals surface area contributed by atoms with Gasteiger partial charge in [0.2, 0.25) is 0 Å². The molecule has 0 aromatic carbocycles. The largest absolute Gasteiger partial charge is 0.394 e. The van der Waals surface area contributed by atoms with E-state index in [1.54, 1.807) is 0 Å². The lowest BCUT2D eigenvalue weighted by Gasteiger charge is -2.46. The van der Waals surface area contributed by atoms with Gasteiger partial charge in [0, 0.05) is 39.7 Å². The lowest BCUT2D eigenvalue weighted by Crippen LogP contribution is -2.69. The molecular formula is C24H53ClN4O6+2. The van der Waals surface area contributed by atoms with Crippen molar-refractivity contribution in [2.75, 3.05) is 78.8 Å². The van der Waals surface area contributed by atoms with Gasteiger partial charge < -0.3 is 40.6 Å². The number of ether oxygens (including phenoxy) is 3. The van der Waals surface area contributed by atoms with Gasteiger partial charge >= 0.3 is 0 Å². The Bertz CT molecular complexity index is 562. The van der Waals surface area contributed by atoms with E-state index in [0.29, 0.717) is 50.4 Å². The van der Waals surface area contributed by atoms with E-state index in [-0.39, 0.29) is 31.4 Å². The highest BCUT2D eigenvalue weighted by molar-refractivity contribution is 4.81. The van der Waals surface area contributed by atoms with Crippen LogP contribution in [0.5, 0.6) is 0 Å². The molecule has 5 unspecified atom stereocenters. The van der Waals surface area contributed by atoms with Gasteiger partial charge in [-0.05, 0) is 33.7 Å². The molecule has 1 fully saturated rings. The van der Waals surface area contributed by atoms with Gasteiger partial charge in [0.1, 0.15) is 18.8 Å². The third-order valence-corrected chi connectivity index (χ3v) is 7.40. The molecule has 6 atom stereocenters. The molecule has 0 amide bonds. The third-order valence-electron chi connectivity index (χ3n) is 6.98. The first-order valence-corrected chi connectivity index (χ1v) is 13.5. The van der Waals surface area contributed by atoms with Crippen LogP contribution in [-0.2, 0) is 14.2 Å². The second-order valence-electron chi connectivity index (χ2n) is 9.86. The minimum atomic E-state index is -0.955. The zero-order valence-corrected chi connectivity index (χ0v) is 23.3. The third kappa shape index (κ3) is 10.3. The number of rotatable bonds is 18. The normalized spacial score (nSPS) is 25.1. The summed E-state index contributed by atoms with van der Waals surface area (Å²) in [6.07, 6.45) is -0.662. The van der Waals surface area contributed by atoms with Crippen molar-refractivity contribution in [2.24, 2.45) is 5.73 Å². The smallest absolute Gasteiger partial charge is 0.299 e. The van der Waals surface area contributed by atoms with E-state index in [1.807, 2.05) is 27.7 Å². The molecule has 11 heteroatoms. The Labute approximate surface area is 217 Å². The molecule has 1 heterocycles. The topological polar surface area (TPSA) is 130 Å². The summed E-state index contributed by atoms with van der Waals surface area (Å²) in [4.78, 5) is 2.07. The number of hydrogen-bond acceptors (Lipinski definition) is 9. The molecule has 1 aliphatic heterocycles. The number of aliphatic hydroxyl groups is 3. The molecule has 210 valence electrons. The fourth-order valence-corrected chi connectivity index (χ4v) is 5.10. The number of nitrogens with zero attached hydrogens (tertiary/aromatic N) is 2. The van der Waals surface area contributed by atoms with E-state index in [2.05, 4.69) is 17.1 Å². The fraction of sp³-hybridized carbons (Fsp3) is 1.00. The zero-order chi connectivity index (χ0) is 26.5. The van der Waals surface area contributed by atoms with Crippen molar-refractivity contribution in [3.63, 3.8) is 0 Å². The van der Waals surface area contributed by atoms with Gasteiger partial charge in [-0.3, -0.25) is 9.38 Å². The van der Waals surface area contributed by atoms with Gasteiger partial charge in [-0.2, -0.15) is 0 Å². The molecule has 35 heavy (non-hydrogen) atoms. The lowest BCUT2D eigenvalue weighted by atomic mass is 10.1. The van der Waals surface area contributed by atoms with Crippen LogP contribution < -0.4 is 11.1 Å². The Balaban J connectivity index is 3.26. The van der Waals surface area contributed by atoms with Gasteiger partial charge in [-0.1, -0.05) is 6.92 Å². The molecule has 0 radical (unpaired) electrons. The van der Waals surface area contributed by atoms with E-state index < -0.39 is 24.0 Å². The Morgan fingerprint density at radius 3 is 2.46 bits per heavy atom. The summed E-state index contributed by atoms with van der Waals surface area (Å²) >= 11 is 5.93. The number of nitrogens with two attached hydrogens (primary N) is 1. The van der Waals surface area contributed by atoms with Crippen molar-refractivity contribution in [3.05, 3.63) is 0 Å². The summed E-state index contributed by atoms with van der Waals surface area (Å²) < 4.78 is 18.0. The van der Waals surface area contributed by atoms with E-state index >= 15 is 0 Å². The van der Waals surface area contributed by atoms with Crippen molar-refractivity contribution in [2.45, 2.75) is 76.6 Å². The number of halogens is 1.